The number of allylic oxidation sites excluding steroid dienone is 1. The molecule has 2 aliphatic rings. The summed E-state index contributed by atoms with van der Waals surface area (Å²) < 4.78 is 5.50. The van der Waals surface area contributed by atoms with Gasteiger partial charge < -0.3 is 4.74 Å². The first kappa shape index (κ1) is 6.41. The van der Waals surface area contributed by atoms with E-state index in [1.807, 2.05) is 0 Å². The van der Waals surface area contributed by atoms with Crippen LogP contribution < -0.4 is 0 Å². The Morgan fingerprint density at radius 2 is 2.20 bits per heavy atom. The molecule has 0 radical (unpaired) electrons. The minimum atomic E-state index is 0.483. The van der Waals surface area contributed by atoms with E-state index in [2.05, 4.69) is 12.2 Å². The molecule has 1 atom stereocenters. The molecule has 1 aliphatic carbocycles. The van der Waals surface area contributed by atoms with Gasteiger partial charge in [0.2, 0.25) is 0 Å². The summed E-state index contributed by atoms with van der Waals surface area (Å²) in [5.74, 6) is 0. The van der Waals surface area contributed by atoms with E-state index in [-0.39, 0.29) is 0 Å². The lowest BCUT2D eigenvalue weighted by Crippen LogP contribution is -2.27. The van der Waals surface area contributed by atoms with E-state index >= 15 is 0 Å². The Morgan fingerprint density at radius 3 is 2.90 bits per heavy atom. The topological polar surface area (TPSA) is 9.23 Å². The Hall–Kier alpha value is -0.300. The van der Waals surface area contributed by atoms with Crippen LogP contribution in [0.5, 0.6) is 0 Å². The quantitative estimate of drug-likeness (QED) is 0.466. The molecule has 1 heteroatoms. The summed E-state index contributed by atoms with van der Waals surface area (Å²) in [7, 11) is 0. The van der Waals surface area contributed by atoms with Gasteiger partial charge in [0.15, 0.2) is 0 Å². The monoisotopic (exact) mass is 138 g/mol. The average Bonchev–Trinajstić information content (AvgIpc) is 2.08. The third-order valence-electron chi connectivity index (χ3n) is 2.60. The first-order valence-electron chi connectivity index (χ1n) is 4.17. The predicted molar refractivity (Wildman–Crippen MR) is 40.9 cm³/mol. The first-order valence-corrected chi connectivity index (χ1v) is 4.17. The van der Waals surface area contributed by atoms with E-state index in [9.17, 15) is 0 Å². The van der Waals surface area contributed by atoms with E-state index in [4.69, 9.17) is 4.74 Å². The van der Waals surface area contributed by atoms with Crippen LogP contribution in [-0.2, 0) is 4.74 Å². The molecule has 1 heterocycles. The Morgan fingerprint density at radius 1 is 1.30 bits per heavy atom. The molecule has 1 saturated heterocycles. The molecule has 1 fully saturated rings. The van der Waals surface area contributed by atoms with Crippen molar-refractivity contribution < 1.29 is 4.74 Å². The van der Waals surface area contributed by atoms with Gasteiger partial charge in [-0.2, -0.15) is 0 Å². The van der Waals surface area contributed by atoms with Gasteiger partial charge in [-0.15, -0.1) is 0 Å². The third-order valence-corrected chi connectivity index (χ3v) is 2.60. The van der Waals surface area contributed by atoms with Gasteiger partial charge in [0.05, 0.1) is 6.61 Å². The van der Waals surface area contributed by atoms with E-state index < -0.39 is 0 Å². The summed E-state index contributed by atoms with van der Waals surface area (Å²) in [5.41, 5.74) is 0.483. The summed E-state index contributed by atoms with van der Waals surface area (Å²) >= 11 is 0. The van der Waals surface area contributed by atoms with Gasteiger partial charge in [-0.3, -0.25) is 0 Å². The number of hydrogen-bond donors (Lipinski definition) is 0. The van der Waals surface area contributed by atoms with Gasteiger partial charge in [0.1, 0.15) is 0 Å². The standard InChI is InChI=1S/C9H14O/c1-2-7-10-8-9(4-1)5-3-6-9/h3,5H,1-2,4,6-8H2. The first-order chi connectivity index (χ1) is 4.91. The lowest BCUT2D eigenvalue weighted by Gasteiger charge is -2.33. The van der Waals surface area contributed by atoms with Crippen LogP contribution in [0, 0.1) is 5.41 Å². The van der Waals surface area contributed by atoms with Crippen molar-refractivity contribution in [2.45, 2.75) is 25.7 Å². The fraction of sp³-hybridized carbons (Fsp3) is 0.778. The highest BCUT2D eigenvalue weighted by Crippen LogP contribution is 2.39. The fourth-order valence-corrected chi connectivity index (χ4v) is 1.77. The van der Waals surface area contributed by atoms with Crippen molar-refractivity contribution in [3.05, 3.63) is 12.2 Å². The second-order valence-electron chi connectivity index (χ2n) is 3.48. The highest BCUT2D eigenvalue weighted by Gasteiger charge is 2.32. The minimum absolute atomic E-state index is 0.483. The maximum Gasteiger partial charge on any atom is 0.0559 e. The zero-order valence-electron chi connectivity index (χ0n) is 6.31. The molecule has 1 unspecified atom stereocenters. The maximum atomic E-state index is 5.50. The van der Waals surface area contributed by atoms with Gasteiger partial charge >= 0.3 is 0 Å². The lowest BCUT2D eigenvalue weighted by molar-refractivity contribution is 0.0787. The molecular formula is C9H14O. The third kappa shape index (κ3) is 0.988. The summed E-state index contributed by atoms with van der Waals surface area (Å²) in [6, 6.07) is 0. The average molecular weight is 138 g/mol. The molecule has 56 valence electrons. The molecule has 2 rings (SSSR count). The Bertz CT molecular complexity index is 141. The number of ether oxygens (including phenoxy) is 1. The van der Waals surface area contributed by atoms with Crippen LogP contribution in [0.15, 0.2) is 12.2 Å². The molecule has 0 aromatic rings. The summed E-state index contributed by atoms with van der Waals surface area (Å²) in [4.78, 5) is 0. The molecule has 1 nitrogen and oxygen atoms in total. The van der Waals surface area contributed by atoms with Crippen LogP contribution in [0.2, 0.25) is 0 Å². The van der Waals surface area contributed by atoms with E-state index in [1.54, 1.807) is 0 Å². The smallest absolute Gasteiger partial charge is 0.0559 e. The number of rotatable bonds is 0. The normalized spacial score (nSPS) is 39.2. The van der Waals surface area contributed by atoms with Crippen LogP contribution >= 0.6 is 0 Å². The highest BCUT2D eigenvalue weighted by molar-refractivity contribution is 5.13. The van der Waals surface area contributed by atoms with Crippen molar-refractivity contribution in [3.63, 3.8) is 0 Å². The van der Waals surface area contributed by atoms with Crippen molar-refractivity contribution in [1.29, 1.82) is 0 Å². The molecule has 0 N–H and O–H groups in total. The van der Waals surface area contributed by atoms with Gasteiger partial charge in [0, 0.05) is 12.0 Å². The zero-order valence-corrected chi connectivity index (χ0v) is 6.31. The van der Waals surface area contributed by atoms with Crippen molar-refractivity contribution in [2.75, 3.05) is 13.2 Å². The van der Waals surface area contributed by atoms with Crippen molar-refractivity contribution in [3.8, 4) is 0 Å². The molecular weight excluding hydrogens is 124 g/mol. The van der Waals surface area contributed by atoms with Crippen LogP contribution in [0.4, 0.5) is 0 Å². The summed E-state index contributed by atoms with van der Waals surface area (Å²) in [6.45, 7) is 1.96. The second kappa shape index (κ2) is 2.39. The van der Waals surface area contributed by atoms with Gasteiger partial charge in [-0.25, -0.2) is 0 Å². The highest BCUT2D eigenvalue weighted by atomic mass is 16.5. The number of hydrogen-bond acceptors (Lipinski definition) is 1. The molecule has 1 spiro atoms. The SMILES string of the molecule is C1=CC2(C1)CCCCOC2. The largest absolute Gasteiger partial charge is 0.381 e. The van der Waals surface area contributed by atoms with Crippen LogP contribution in [0.1, 0.15) is 25.7 Å². The summed E-state index contributed by atoms with van der Waals surface area (Å²) in [6.07, 6.45) is 9.81. The van der Waals surface area contributed by atoms with Gasteiger partial charge in [-0.1, -0.05) is 18.6 Å². The van der Waals surface area contributed by atoms with Crippen LogP contribution in [0.3, 0.4) is 0 Å². The summed E-state index contributed by atoms with van der Waals surface area (Å²) in [5, 5.41) is 0. The molecule has 0 aromatic heterocycles. The lowest BCUT2D eigenvalue weighted by atomic mass is 9.74. The van der Waals surface area contributed by atoms with E-state index in [1.165, 1.54) is 25.7 Å². The van der Waals surface area contributed by atoms with E-state index in [0.717, 1.165) is 13.2 Å². The van der Waals surface area contributed by atoms with E-state index in [0.29, 0.717) is 5.41 Å². The Balaban J connectivity index is 2.00. The maximum absolute atomic E-state index is 5.50. The molecule has 0 bridgehead atoms. The van der Waals surface area contributed by atoms with Gasteiger partial charge in [0.25, 0.3) is 0 Å². The van der Waals surface area contributed by atoms with Crippen LogP contribution in [-0.4, -0.2) is 13.2 Å². The molecule has 0 amide bonds. The molecule has 0 saturated carbocycles. The van der Waals surface area contributed by atoms with Crippen molar-refractivity contribution in [1.82, 2.24) is 0 Å². The molecule has 1 aliphatic heterocycles. The van der Waals surface area contributed by atoms with Crippen molar-refractivity contribution >= 4 is 0 Å². The predicted octanol–water partition coefficient (Wildman–Crippen LogP) is 2.13. The molecule has 0 aromatic carbocycles. The Kier molecular flexibility index (Phi) is 1.53. The molecule has 10 heavy (non-hydrogen) atoms. The van der Waals surface area contributed by atoms with Crippen molar-refractivity contribution in [2.24, 2.45) is 5.41 Å². The minimum Gasteiger partial charge on any atom is -0.381 e. The van der Waals surface area contributed by atoms with Gasteiger partial charge in [-0.05, 0) is 19.3 Å². The zero-order chi connectivity index (χ0) is 6.86. The van der Waals surface area contributed by atoms with Crippen LogP contribution in [0.25, 0.3) is 0 Å². The second-order valence-corrected chi connectivity index (χ2v) is 3.48. The fourth-order valence-electron chi connectivity index (χ4n) is 1.77. The Labute approximate surface area is 62.1 Å².